The van der Waals surface area contributed by atoms with E-state index in [-0.39, 0.29) is 25.8 Å². The maximum atomic E-state index is 12.9. The molecule has 1 aromatic heterocycles. The maximum absolute atomic E-state index is 12.9. The molecule has 176 valence electrons. The van der Waals surface area contributed by atoms with Crippen molar-refractivity contribution in [1.82, 2.24) is 25.5 Å². The molecular weight excluding hydrogens is 424 g/mol. The Morgan fingerprint density at radius 1 is 1.25 bits per heavy atom. The van der Waals surface area contributed by atoms with Crippen molar-refractivity contribution in [3.8, 4) is 0 Å². The van der Waals surface area contributed by atoms with E-state index in [0.29, 0.717) is 18.5 Å². The van der Waals surface area contributed by atoms with E-state index < -0.39 is 53.8 Å². The summed E-state index contributed by atoms with van der Waals surface area (Å²) < 4.78 is 0. The van der Waals surface area contributed by atoms with Crippen LogP contribution >= 0.6 is 0 Å². The maximum Gasteiger partial charge on any atom is 0.326 e. The summed E-state index contributed by atoms with van der Waals surface area (Å²) in [6.45, 7) is 1.72. The number of aromatic nitrogens is 2. The number of aromatic amines is 1. The number of hydrogen-bond donors (Lipinski definition) is 6. The molecular formula is C19H28N6O7. The third kappa shape index (κ3) is 6.77. The number of nitrogens with one attached hydrogen (secondary N) is 3. The summed E-state index contributed by atoms with van der Waals surface area (Å²) in [7, 11) is 0. The minimum Gasteiger partial charge on any atom is -0.481 e. The number of nitrogens with zero attached hydrogens (tertiary/aromatic N) is 2. The van der Waals surface area contributed by atoms with Gasteiger partial charge in [-0.25, -0.2) is 9.78 Å². The van der Waals surface area contributed by atoms with Crippen molar-refractivity contribution >= 4 is 29.7 Å². The zero-order valence-corrected chi connectivity index (χ0v) is 17.6. The van der Waals surface area contributed by atoms with Crippen molar-refractivity contribution in [2.75, 3.05) is 6.54 Å². The molecule has 1 aromatic rings. The highest BCUT2D eigenvalue weighted by Gasteiger charge is 2.37. The Bertz CT molecular complexity index is 843. The minimum atomic E-state index is -1.14. The average molecular weight is 452 g/mol. The average Bonchev–Trinajstić information content (AvgIpc) is 3.42. The number of carbonyl (C=O) groups is 5. The molecule has 0 aromatic carbocycles. The van der Waals surface area contributed by atoms with Crippen LogP contribution in [0.4, 0.5) is 0 Å². The molecule has 32 heavy (non-hydrogen) atoms. The summed E-state index contributed by atoms with van der Waals surface area (Å²) in [6.07, 6.45) is 3.36. The minimum absolute atomic E-state index is 0.0194. The zero-order chi connectivity index (χ0) is 23.8. The SMILES string of the molecule is CC(NC(=O)C(Cc1cnc[nH]1)NC(=O)C(N)CCC(=O)O)C(=O)N1CCCC1C(=O)O. The molecule has 0 saturated carbocycles. The lowest BCUT2D eigenvalue weighted by Crippen LogP contribution is -2.57. The van der Waals surface area contributed by atoms with Gasteiger partial charge in [0.2, 0.25) is 17.7 Å². The standard InChI is InChI=1S/C19H28N6O7/c1-10(18(30)25-6-2-3-14(25)19(31)32)23-17(29)13(7-11-8-21-9-22-11)24-16(28)12(20)4-5-15(26)27/h8-10,12-14H,2-7,20H2,1H3,(H,21,22)(H,23,29)(H,24,28)(H,26,27)(H,31,32). The first-order chi connectivity index (χ1) is 15.1. The number of amides is 3. The first-order valence-corrected chi connectivity index (χ1v) is 10.2. The summed E-state index contributed by atoms with van der Waals surface area (Å²) in [5.41, 5.74) is 6.26. The monoisotopic (exact) mass is 452 g/mol. The Kier molecular flexibility index (Phi) is 8.70. The highest BCUT2D eigenvalue weighted by atomic mass is 16.4. The molecule has 1 saturated heterocycles. The van der Waals surface area contributed by atoms with Crippen LogP contribution in [0.15, 0.2) is 12.5 Å². The van der Waals surface area contributed by atoms with Crippen LogP contribution in [0.1, 0.15) is 38.3 Å². The van der Waals surface area contributed by atoms with Crippen molar-refractivity contribution in [3.63, 3.8) is 0 Å². The van der Waals surface area contributed by atoms with E-state index in [1.165, 1.54) is 24.3 Å². The number of likely N-dealkylation sites (tertiary alicyclic amines) is 1. The normalized spacial score (nSPS) is 18.4. The lowest BCUT2D eigenvalue weighted by Gasteiger charge is -2.27. The van der Waals surface area contributed by atoms with Crippen molar-refractivity contribution in [3.05, 3.63) is 18.2 Å². The van der Waals surface area contributed by atoms with E-state index in [2.05, 4.69) is 20.6 Å². The van der Waals surface area contributed by atoms with Crippen molar-refractivity contribution < 1.29 is 34.2 Å². The quantitative estimate of drug-likeness (QED) is 0.224. The van der Waals surface area contributed by atoms with Gasteiger partial charge in [0, 0.05) is 31.3 Å². The van der Waals surface area contributed by atoms with Crippen molar-refractivity contribution in [2.24, 2.45) is 5.73 Å². The molecule has 4 atom stereocenters. The predicted octanol–water partition coefficient (Wildman–Crippen LogP) is -1.79. The molecule has 7 N–H and O–H groups in total. The molecule has 0 radical (unpaired) electrons. The van der Waals surface area contributed by atoms with E-state index in [4.69, 9.17) is 10.8 Å². The van der Waals surface area contributed by atoms with Gasteiger partial charge in [-0.1, -0.05) is 0 Å². The molecule has 13 heteroatoms. The van der Waals surface area contributed by atoms with Crippen LogP contribution < -0.4 is 16.4 Å². The van der Waals surface area contributed by atoms with Crippen LogP contribution in [0, 0.1) is 0 Å². The van der Waals surface area contributed by atoms with Gasteiger partial charge in [0.25, 0.3) is 0 Å². The number of H-pyrrole nitrogens is 1. The van der Waals surface area contributed by atoms with Crippen molar-refractivity contribution in [1.29, 1.82) is 0 Å². The Labute approximate surface area is 183 Å². The summed E-state index contributed by atoms with van der Waals surface area (Å²) in [6, 6.07) is -4.22. The number of carboxylic acids is 2. The number of aliphatic carboxylic acids is 2. The predicted molar refractivity (Wildman–Crippen MR) is 109 cm³/mol. The van der Waals surface area contributed by atoms with E-state index in [0.717, 1.165) is 0 Å². The molecule has 3 amide bonds. The summed E-state index contributed by atoms with van der Waals surface area (Å²) in [5, 5.41) is 23.0. The molecule has 4 unspecified atom stereocenters. The summed E-state index contributed by atoms with van der Waals surface area (Å²) in [4.78, 5) is 67.8. The van der Waals surface area contributed by atoms with Gasteiger partial charge >= 0.3 is 11.9 Å². The Balaban J connectivity index is 2.05. The second-order valence-corrected chi connectivity index (χ2v) is 7.64. The van der Waals surface area contributed by atoms with E-state index in [9.17, 15) is 29.1 Å². The van der Waals surface area contributed by atoms with E-state index >= 15 is 0 Å². The smallest absolute Gasteiger partial charge is 0.326 e. The molecule has 0 spiro atoms. The van der Waals surface area contributed by atoms with Gasteiger partial charge in [0.15, 0.2) is 0 Å². The van der Waals surface area contributed by atoms with Crippen LogP contribution in [-0.2, 0) is 30.4 Å². The number of rotatable bonds is 11. The van der Waals surface area contributed by atoms with Crippen molar-refractivity contribution in [2.45, 2.75) is 63.2 Å². The first-order valence-electron chi connectivity index (χ1n) is 10.2. The Hall–Kier alpha value is -3.48. The van der Waals surface area contributed by atoms with Gasteiger partial charge in [0.05, 0.1) is 12.4 Å². The van der Waals surface area contributed by atoms with E-state index in [1.807, 2.05) is 0 Å². The Morgan fingerprint density at radius 2 is 1.97 bits per heavy atom. The summed E-state index contributed by atoms with van der Waals surface area (Å²) in [5.74, 6) is -4.13. The first kappa shape index (κ1) is 24.8. The fraction of sp³-hybridized carbons (Fsp3) is 0.579. The largest absolute Gasteiger partial charge is 0.481 e. The fourth-order valence-corrected chi connectivity index (χ4v) is 3.43. The topological polar surface area (TPSA) is 208 Å². The van der Waals surface area contributed by atoms with E-state index in [1.54, 1.807) is 0 Å². The molecule has 13 nitrogen and oxygen atoms in total. The van der Waals surface area contributed by atoms with Gasteiger partial charge in [0.1, 0.15) is 18.1 Å². The van der Waals surface area contributed by atoms with Crippen LogP contribution in [-0.4, -0.2) is 85.5 Å². The third-order valence-electron chi connectivity index (χ3n) is 5.17. The Morgan fingerprint density at radius 3 is 2.56 bits per heavy atom. The van der Waals surface area contributed by atoms with Crippen LogP contribution in [0.3, 0.4) is 0 Å². The van der Waals surface area contributed by atoms with Gasteiger partial charge in [-0.3, -0.25) is 19.2 Å². The number of carboxylic acid groups (broad SMARTS) is 2. The fourth-order valence-electron chi connectivity index (χ4n) is 3.43. The van der Waals surface area contributed by atoms with Gasteiger partial charge in [-0.2, -0.15) is 0 Å². The molecule has 1 aliphatic rings. The number of imidazole rings is 1. The number of nitrogens with two attached hydrogens (primary N) is 1. The van der Waals surface area contributed by atoms with Gasteiger partial charge in [-0.15, -0.1) is 0 Å². The number of carbonyl (C=O) groups excluding carboxylic acids is 3. The molecule has 2 heterocycles. The van der Waals surface area contributed by atoms with Crippen LogP contribution in [0.5, 0.6) is 0 Å². The van der Waals surface area contributed by atoms with Gasteiger partial charge < -0.3 is 36.5 Å². The van der Waals surface area contributed by atoms with Crippen LogP contribution in [0.25, 0.3) is 0 Å². The number of hydrogen-bond acceptors (Lipinski definition) is 7. The molecule has 2 rings (SSSR count). The molecule has 0 aliphatic carbocycles. The highest BCUT2D eigenvalue weighted by molar-refractivity contribution is 5.94. The lowest BCUT2D eigenvalue weighted by atomic mass is 10.1. The molecule has 1 fully saturated rings. The second-order valence-electron chi connectivity index (χ2n) is 7.64. The molecule has 0 bridgehead atoms. The van der Waals surface area contributed by atoms with Crippen LogP contribution in [0.2, 0.25) is 0 Å². The summed E-state index contributed by atoms with van der Waals surface area (Å²) >= 11 is 0. The van der Waals surface area contributed by atoms with Gasteiger partial charge in [-0.05, 0) is 26.2 Å². The highest BCUT2D eigenvalue weighted by Crippen LogP contribution is 2.18. The second kappa shape index (κ2) is 11.2. The molecule has 1 aliphatic heterocycles. The lowest BCUT2D eigenvalue weighted by molar-refractivity contribution is -0.149. The third-order valence-corrected chi connectivity index (χ3v) is 5.17. The zero-order valence-electron chi connectivity index (χ0n) is 17.6.